The van der Waals surface area contributed by atoms with Gasteiger partial charge in [0.25, 0.3) is 0 Å². The van der Waals surface area contributed by atoms with E-state index in [0.29, 0.717) is 0 Å². The minimum Gasteiger partial charge on any atom is -0.480 e. The first kappa shape index (κ1) is 17.8. The van der Waals surface area contributed by atoms with Gasteiger partial charge in [-0.3, -0.25) is 0 Å². The predicted molar refractivity (Wildman–Crippen MR) is 98.2 cm³/mol. The fourth-order valence-corrected chi connectivity index (χ4v) is 2.79. The van der Waals surface area contributed by atoms with Crippen molar-refractivity contribution >= 4 is 34.0 Å². The molecule has 0 bridgehead atoms. The van der Waals surface area contributed by atoms with Crippen LogP contribution in [0.5, 0.6) is 0 Å². The lowest BCUT2D eigenvalue weighted by Gasteiger charge is -2.22. The molecule has 3 aromatic rings. The van der Waals surface area contributed by atoms with Gasteiger partial charge in [-0.05, 0) is 44.5 Å². The smallest absolute Gasteiger partial charge is 0.408 e. The van der Waals surface area contributed by atoms with Crippen molar-refractivity contribution in [3.05, 3.63) is 48.0 Å². The van der Waals surface area contributed by atoms with Crippen molar-refractivity contribution in [3.8, 4) is 0 Å². The number of carbonyl (C=O) groups is 2. The van der Waals surface area contributed by atoms with E-state index in [4.69, 9.17) is 9.15 Å². The van der Waals surface area contributed by atoms with Gasteiger partial charge < -0.3 is 19.6 Å². The number of fused-ring (bicyclic) bond motifs is 3. The number of carbonyl (C=O) groups excluding carboxylic acids is 1. The molecule has 0 radical (unpaired) electrons. The highest BCUT2D eigenvalue weighted by atomic mass is 16.6. The molecule has 0 aliphatic carbocycles. The zero-order valence-electron chi connectivity index (χ0n) is 14.9. The summed E-state index contributed by atoms with van der Waals surface area (Å²) in [5, 5.41) is 13.7. The van der Waals surface area contributed by atoms with Gasteiger partial charge in [-0.1, -0.05) is 24.3 Å². The number of carboxylic acid groups (broad SMARTS) is 1. The number of amides is 1. The molecule has 0 saturated heterocycles. The molecule has 6 nitrogen and oxygen atoms in total. The van der Waals surface area contributed by atoms with Crippen LogP contribution in [0, 0.1) is 0 Å². The summed E-state index contributed by atoms with van der Waals surface area (Å²) in [6.07, 6.45) is -0.607. The highest BCUT2D eigenvalue weighted by Gasteiger charge is 2.24. The van der Waals surface area contributed by atoms with Crippen LogP contribution in [0.3, 0.4) is 0 Å². The first-order valence-electron chi connectivity index (χ1n) is 8.35. The lowest BCUT2D eigenvalue weighted by atomic mass is 10.0. The molecule has 1 aromatic heterocycles. The second kappa shape index (κ2) is 6.71. The van der Waals surface area contributed by atoms with Gasteiger partial charge in [-0.25, -0.2) is 9.59 Å². The molecular formula is C20H21NO5. The number of benzene rings is 2. The van der Waals surface area contributed by atoms with E-state index in [1.807, 2.05) is 36.4 Å². The van der Waals surface area contributed by atoms with Crippen LogP contribution in [0.15, 0.2) is 46.9 Å². The second-order valence-electron chi connectivity index (χ2n) is 7.17. The quantitative estimate of drug-likeness (QED) is 0.735. The Morgan fingerprint density at radius 1 is 1.12 bits per heavy atom. The van der Waals surface area contributed by atoms with Crippen molar-refractivity contribution in [2.45, 2.75) is 38.8 Å². The van der Waals surface area contributed by atoms with Crippen molar-refractivity contribution in [2.24, 2.45) is 0 Å². The molecule has 0 aliphatic rings. The fraction of sp³-hybridized carbons (Fsp3) is 0.300. The normalized spacial score (nSPS) is 12.9. The van der Waals surface area contributed by atoms with Crippen molar-refractivity contribution in [2.75, 3.05) is 0 Å². The molecule has 26 heavy (non-hydrogen) atoms. The molecule has 0 fully saturated rings. The summed E-state index contributed by atoms with van der Waals surface area (Å²) in [4.78, 5) is 23.4. The third-order valence-electron chi connectivity index (χ3n) is 3.87. The number of nitrogens with one attached hydrogen (secondary N) is 1. The van der Waals surface area contributed by atoms with Crippen LogP contribution in [0.1, 0.15) is 26.3 Å². The summed E-state index contributed by atoms with van der Waals surface area (Å²) in [6, 6.07) is 12.1. The maximum absolute atomic E-state index is 11.9. The monoisotopic (exact) mass is 355 g/mol. The Kier molecular flexibility index (Phi) is 4.59. The van der Waals surface area contributed by atoms with Crippen molar-refractivity contribution in [1.29, 1.82) is 0 Å². The van der Waals surface area contributed by atoms with Gasteiger partial charge in [-0.15, -0.1) is 0 Å². The van der Waals surface area contributed by atoms with Gasteiger partial charge in [0, 0.05) is 17.2 Å². The number of ether oxygens (including phenoxy) is 1. The predicted octanol–water partition coefficient (Wildman–Crippen LogP) is 4.11. The van der Waals surface area contributed by atoms with Gasteiger partial charge in [-0.2, -0.15) is 0 Å². The van der Waals surface area contributed by atoms with Gasteiger partial charge in [0.05, 0.1) is 0 Å². The summed E-state index contributed by atoms with van der Waals surface area (Å²) in [7, 11) is 0. The van der Waals surface area contributed by atoms with Crippen LogP contribution in [0.2, 0.25) is 0 Å². The molecule has 1 amide bonds. The number of alkyl carbamates (subject to hydrolysis) is 1. The number of para-hydroxylation sites is 1. The van der Waals surface area contributed by atoms with E-state index in [2.05, 4.69) is 5.32 Å². The van der Waals surface area contributed by atoms with E-state index in [0.717, 1.165) is 27.5 Å². The average molecular weight is 355 g/mol. The van der Waals surface area contributed by atoms with Crippen LogP contribution in [-0.2, 0) is 16.0 Å². The Hall–Kier alpha value is -3.02. The largest absolute Gasteiger partial charge is 0.480 e. The average Bonchev–Trinajstić information content (AvgIpc) is 2.90. The molecule has 1 atom stereocenters. The zero-order valence-corrected chi connectivity index (χ0v) is 14.9. The summed E-state index contributed by atoms with van der Waals surface area (Å²) >= 11 is 0. The van der Waals surface area contributed by atoms with E-state index in [9.17, 15) is 14.7 Å². The molecule has 1 heterocycles. The van der Waals surface area contributed by atoms with Crippen LogP contribution in [0.25, 0.3) is 21.9 Å². The summed E-state index contributed by atoms with van der Waals surface area (Å²) < 4.78 is 10.9. The Bertz CT molecular complexity index is 967. The molecular weight excluding hydrogens is 334 g/mol. The van der Waals surface area contributed by atoms with E-state index in [-0.39, 0.29) is 6.42 Å². The highest BCUT2D eigenvalue weighted by molar-refractivity contribution is 6.05. The van der Waals surface area contributed by atoms with Gasteiger partial charge in [0.2, 0.25) is 0 Å². The number of hydrogen-bond acceptors (Lipinski definition) is 4. The molecule has 0 spiro atoms. The Morgan fingerprint density at radius 3 is 2.50 bits per heavy atom. The van der Waals surface area contributed by atoms with Crippen molar-refractivity contribution in [1.82, 2.24) is 5.32 Å². The Balaban J connectivity index is 1.83. The van der Waals surface area contributed by atoms with E-state index in [1.165, 1.54) is 0 Å². The lowest BCUT2D eigenvalue weighted by molar-refractivity contribution is -0.139. The topological polar surface area (TPSA) is 88.8 Å². The van der Waals surface area contributed by atoms with Crippen LogP contribution in [0.4, 0.5) is 4.79 Å². The standard InChI is InChI=1S/C20H21NO5/c1-20(2,3)26-19(24)21-15(18(22)23)11-12-8-9-17-14(10-12)13-6-4-5-7-16(13)25-17/h4-10,15H,11H2,1-3H3,(H,21,24)(H,22,23)/t15-/m1/s1. The van der Waals surface area contributed by atoms with Gasteiger partial charge >= 0.3 is 12.1 Å². The minimum atomic E-state index is -1.12. The number of rotatable bonds is 4. The summed E-state index contributed by atoms with van der Waals surface area (Å²) in [6.45, 7) is 5.17. The Morgan fingerprint density at radius 2 is 1.81 bits per heavy atom. The first-order valence-corrected chi connectivity index (χ1v) is 8.35. The van der Waals surface area contributed by atoms with Gasteiger partial charge in [0.15, 0.2) is 0 Å². The maximum atomic E-state index is 11.9. The minimum absolute atomic E-state index is 0.143. The first-order chi connectivity index (χ1) is 12.2. The van der Waals surface area contributed by atoms with Crippen LogP contribution in [-0.4, -0.2) is 28.8 Å². The van der Waals surface area contributed by atoms with E-state index in [1.54, 1.807) is 26.8 Å². The van der Waals surface area contributed by atoms with E-state index >= 15 is 0 Å². The lowest BCUT2D eigenvalue weighted by Crippen LogP contribution is -2.44. The van der Waals surface area contributed by atoms with Crippen LogP contribution >= 0.6 is 0 Å². The highest BCUT2D eigenvalue weighted by Crippen LogP contribution is 2.29. The molecule has 136 valence electrons. The summed E-state index contributed by atoms with van der Waals surface area (Å²) in [5.41, 5.74) is 1.61. The molecule has 2 aromatic carbocycles. The second-order valence-corrected chi connectivity index (χ2v) is 7.17. The third-order valence-corrected chi connectivity index (χ3v) is 3.87. The van der Waals surface area contributed by atoms with E-state index < -0.39 is 23.7 Å². The third kappa shape index (κ3) is 3.96. The Labute approximate surface area is 150 Å². The van der Waals surface area contributed by atoms with Crippen LogP contribution < -0.4 is 5.32 Å². The summed E-state index contributed by atoms with van der Waals surface area (Å²) in [5.74, 6) is -1.12. The number of aliphatic carboxylic acids is 1. The number of furan rings is 1. The molecule has 0 aliphatic heterocycles. The molecule has 2 N–H and O–H groups in total. The van der Waals surface area contributed by atoms with Crippen molar-refractivity contribution < 1.29 is 23.8 Å². The SMILES string of the molecule is CC(C)(C)OC(=O)N[C@H](Cc1ccc2oc3ccccc3c2c1)C(=O)O. The fourth-order valence-electron chi connectivity index (χ4n) is 2.79. The van der Waals surface area contributed by atoms with Gasteiger partial charge in [0.1, 0.15) is 22.8 Å². The van der Waals surface area contributed by atoms with Crippen molar-refractivity contribution in [3.63, 3.8) is 0 Å². The number of hydrogen-bond donors (Lipinski definition) is 2. The number of carboxylic acids is 1. The maximum Gasteiger partial charge on any atom is 0.408 e. The molecule has 0 saturated carbocycles. The zero-order chi connectivity index (χ0) is 18.9. The molecule has 6 heteroatoms. The molecule has 3 rings (SSSR count). The molecule has 0 unspecified atom stereocenters.